The second kappa shape index (κ2) is 7.33. The third-order valence-electron chi connectivity index (χ3n) is 10.1. The van der Waals surface area contributed by atoms with Crippen molar-refractivity contribution in [2.24, 2.45) is 46.3 Å². The van der Waals surface area contributed by atoms with Crippen LogP contribution in [0, 0.1) is 46.3 Å². The first-order valence-corrected chi connectivity index (χ1v) is 11.7. The monoisotopic (exact) mass is 406 g/mol. The molecule has 164 valence electrons. The van der Waals surface area contributed by atoms with Crippen molar-refractivity contribution in [2.75, 3.05) is 0 Å². The molecule has 0 heterocycles. The topological polar surface area (TPSA) is 94.8 Å². The minimum Gasteiger partial charge on any atom is -0.481 e. The van der Waals surface area contributed by atoms with E-state index in [4.69, 9.17) is 5.11 Å². The molecular formula is C24H38O5. The molecule has 0 unspecified atom stereocenters. The number of carboxylic acid groups (broad SMARTS) is 1. The number of carbonyl (C=O) groups is 2. The van der Waals surface area contributed by atoms with Gasteiger partial charge in [-0.15, -0.1) is 0 Å². The summed E-state index contributed by atoms with van der Waals surface area (Å²) in [6.45, 7) is 6.54. The van der Waals surface area contributed by atoms with Crippen molar-refractivity contribution in [1.29, 1.82) is 0 Å². The number of Topliss-reactive ketones (excluding diaryl/α,β-unsaturated/α-hetero) is 1. The minimum atomic E-state index is -0.763. The Bertz CT molecular complexity index is 676. The Kier molecular flexibility index (Phi) is 5.39. The fraction of sp³-hybridized carbons (Fsp3) is 0.917. The Hall–Kier alpha value is -0.940. The molecule has 0 aromatic rings. The SMILES string of the molecule is C[C@H](CCC(=O)O)[C@H]1CC[C@H]2[C@@H]3C[C@@H](O)[C@@H]4C[C@H](O)CC[C@]4(C)[C@H]3CC(=O)[C@]12C. The molecule has 3 N–H and O–H groups in total. The van der Waals surface area contributed by atoms with Gasteiger partial charge in [0.15, 0.2) is 0 Å². The molecule has 0 saturated heterocycles. The molecule has 0 aliphatic heterocycles. The Balaban J connectivity index is 1.61. The van der Waals surface area contributed by atoms with Crippen molar-refractivity contribution in [3.05, 3.63) is 0 Å². The number of hydrogen-bond donors (Lipinski definition) is 3. The summed E-state index contributed by atoms with van der Waals surface area (Å²) in [4.78, 5) is 24.7. The molecule has 0 amide bonds. The number of hydrogen-bond acceptors (Lipinski definition) is 4. The van der Waals surface area contributed by atoms with E-state index in [0.29, 0.717) is 42.8 Å². The van der Waals surface area contributed by atoms with Crippen molar-refractivity contribution in [3.63, 3.8) is 0 Å². The van der Waals surface area contributed by atoms with E-state index in [1.54, 1.807) is 0 Å². The van der Waals surface area contributed by atoms with Crippen LogP contribution in [0.1, 0.15) is 78.6 Å². The zero-order valence-corrected chi connectivity index (χ0v) is 18.1. The fourth-order valence-corrected chi connectivity index (χ4v) is 8.48. The van der Waals surface area contributed by atoms with Crippen LogP contribution in [-0.2, 0) is 9.59 Å². The van der Waals surface area contributed by atoms with Gasteiger partial charge in [-0.05, 0) is 85.9 Å². The van der Waals surface area contributed by atoms with Crippen LogP contribution >= 0.6 is 0 Å². The largest absolute Gasteiger partial charge is 0.481 e. The zero-order valence-electron chi connectivity index (χ0n) is 18.1. The van der Waals surface area contributed by atoms with E-state index >= 15 is 0 Å². The number of carboxylic acids is 1. The van der Waals surface area contributed by atoms with E-state index in [9.17, 15) is 19.8 Å². The first kappa shape index (κ1) is 21.3. The molecule has 29 heavy (non-hydrogen) atoms. The average molecular weight is 407 g/mol. The van der Waals surface area contributed by atoms with E-state index in [-0.39, 0.29) is 41.1 Å². The summed E-state index contributed by atoms with van der Waals surface area (Å²) < 4.78 is 0. The first-order valence-electron chi connectivity index (χ1n) is 11.7. The summed E-state index contributed by atoms with van der Waals surface area (Å²) in [7, 11) is 0. The lowest BCUT2D eigenvalue weighted by molar-refractivity contribution is -0.180. The van der Waals surface area contributed by atoms with E-state index in [0.717, 1.165) is 32.1 Å². The van der Waals surface area contributed by atoms with Crippen molar-refractivity contribution >= 4 is 11.8 Å². The maximum Gasteiger partial charge on any atom is 0.303 e. The quantitative estimate of drug-likeness (QED) is 0.662. The highest BCUT2D eigenvalue weighted by Gasteiger charge is 2.65. The summed E-state index contributed by atoms with van der Waals surface area (Å²) in [6.07, 6.45) is 5.76. The van der Waals surface area contributed by atoms with Gasteiger partial charge in [0.2, 0.25) is 0 Å². The van der Waals surface area contributed by atoms with Gasteiger partial charge in [-0.3, -0.25) is 9.59 Å². The number of fused-ring (bicyclic) bond motifs is 5. The van der Waals surface area contributed by atoms with Crippen LogP contribution in [0.15, 0.2) is 0 Å². The molecule has 0 aromatic carbocycles. The predicted molar refractivity (Wildman–Crippen MR) is 109 cm³/mol. The van der Waals surface area contributed by atoms with Crippen LogP contribution < -0.4 is 0 Å². The second-order valence-electron chi connectivity index (χ2n) is 11.2. The fourth-order valence-electron chi connectivity index (χ4n) is 8.48. The highest BCUT2D eigenvalue weighted by atomic mass is 16.4. The third-order valence-corrected chi connectivity index (χ3v) is 10.1. The summed E-state index contributed by atoms with van der Waals surface area (Å²) >= 11 is 0. The second-order valence-corrected chi connectivity index (χ2v) is 11.2. The lowest BCUT2D eigenvalue weighted by Crippen LogP contribution is -2.60. The number of rotatable bonds is 4. The van der Waals surface area contributed by atoms with Crippen LogP contribution in [0.2, 0.25) is 0 Å². The standard InChI is InChI=1S/C24H38O5/c1-13(4-7-22(28)29)16-5-6-17-15-11-20(26)19-10-14(25)8-9-23(19,2)18(15)12-21(27)24(16,17)3/h13-20,25-26H,4-12H2,1-3H3,(H,28,29)/t13-,14-,15+,16-,17+,18+,19+,20-,23-,24-/m1/s1. The Morgan fingerprint density at radius 3 is 2.52 bits per heavy atom. The Labute approximate surface area is 174 Å². The summed E-state index contributed by atoms with van der Waals surface area (Å²) in [6, 6.07) is 0. The number of aliphatic hydroxyl groups excluding tert-OH is 2. The van der Waals surface area contributed by atoms with Gasteiger partial charge in [0.05, 0.1) is 12.2 Å². The van der Waals surface area contributed by atoms with Crippen molar-refractivity contribution in [1.82, 2.24) is 0 Å². The molecule has 5 nitrogen and oxygen atoms in total. The molecule has 0 radical (unpaired) electrons. The van der Waals surface area contributed by atoms with Crippen molar-refractivity contribution in [3.8, 4) is 0 Å². The molecule has 5 heteroatoms. The summed E-state index contributed by atoms with van der Waals surface area (Å²) in [5.41, 5.74) is -0.443. The van der Waals surface area contributed by atoms with Gasteiger partial charge in [0, 0.05) is 18.3 Å². The van der Waals surface area contributed by atoms with Gasteiger partial charge in [-0.1, -0.05) is 20.8 Å². The highest BCUT2D eigenvalue weighted by molar-refractivity contribution is 5.87. The van der Waals surface area contributed by atoms with Crippen LogP contribution in [-0.4, -0.2) is 39.3 Å². The van der Waals surface area contributed by atoms with Crippen molar-refractivity contribution < 1.29 is 24.9 Å². The molecule has 4 aliphatic carbocycles. The third kappa shape index (κ3) is 3.18. The molecule has 0 aromatic heterocycles. The summed E-state index contributed by atoms with van der Waals surface area (Å²) in [5, 5.41) is 30.3. The van der Waals surface area contributed by atoms with E-state index in [1.807, 2.05) is 0 Å². The predicted octanol–water partition coefficient (Wildman–Crippen LogP) is 3.66. The van der Waals surface area contributed by atoms with Gasteiger partial charge in [-0.25, -0.2) is 0 Å². The van der Waals surface area contributed by atoms with Crippen molar-refractivity contribution in [2.45, 2.75) is 90.8 Å². The smallest absolute Gasteiger partial charge is 0.303 e. The molecule has 10 atom stereocenters. The van der Waals surface area contributed by atoms with E-state index in [1.165, 1.54) is 0 Å². The van der Waals surface area contributed by atoms with Gasteiger partial charge in [0.25, 0.3) is 0 Å². The number of carbonyl (C=O) groups excluding carboxylic acids is 1. The molecule has 4 saturated carbocycles. The number of aliphatic hydroxyl groups is 2. The molecular weight excluding hydrogens is 368 g/mol. The molecule has 0 bridgehead atoms. The zero-order chi connectivity index (χ0) is 21.1. The Morgan fingerprint density at radius 2 is 1.83 bits per heavy atom. The molecule has 0 spiro atoms. The minimum absolute atomic E-state index is 0.0639. The van der Waals surface area contributed by atoms with Gasteiger partial charge >= 0.3 is 5.97 Å². The first-order chi connectivity index (χ1) is 13.6. The lowest BCUT2D eigenvalue weighted by atomic mass is 9.43. The lowest BCUT2D eigenvalue weighted by Gasteiger charge is -2.61. The summed E-state index contributed by atoms with van der Waals surface area (Å²) in [5.74, 6) is 1.14. The van der Waals surface area contributed by atoms with E-state index < -0.39 is 12.1 Å². The average Bonchev–Trinajstić information content (AvgIpc) is 3.02. The Morgan fingerprint density at radius 1 is 1.10 bits per heavy atom. The van der Waals surface area contributed by atoms with Crippen LogP contribution in [0.4, 0.5) is 0 Å². The molecule has 4 fully saturated rings. The van der Waals surface area contributed by atoms with E-state index in [2.05, 4.69) is 20.8 Å². The number of aliphatic carboxylic acids is 1. The van der Waals surface area contributed by atoms with Gasteiger partial charge in [0.1, 0.15) is 5.78 Å². The maximum absolute atomic E-state index is 13.6. The number of ketones is 1. The highest BCUT2D eigenvalue weighted by Crippen LogP contribution is 2.67. The van der Waals surface area contributed by atoms with Crippen LogP contribution in [0.3, 0.4) is 0 Å². The van der Waals surface area contributed by atoms with Crippen LogP contribution in [0.25, 0.3) is 0 Å². The maximum atomic E-state index is 13.6. The normalized spacial score (nSPS) is 50.4. The van der Waals surface area contributed by atoms with Crippen LogP contribution in [0.5, 0.6) is 0 Å². The van der Waals surface area contributed by atoms with Gasteiger partial charge in [-0.2, -0.15) is 0 Å². The molecule has 4 rings (SSSR count). The molecule has 4 aliphatic rings. The van der Waals surface area contributed by atoms with Gasteiger partial charge < -0.3 is 15.3 Å².